The molecule has 15 heavy (non-hydrogen) atoms. The third-order valence-electron chi connectivity index (χ3n) is 2.44. The van der Waals surface area contributed by atoms with Crippen molar-refractivity contribution in [2.45, 2.75) is 13.0 Å². The minimum absolute atomic E-state index is 0.0687. The smallest absolute Gasteiger partial charge is 0.119 e. The number of aromatic nitrogens is 1. The number of fused-ring (bicyclic) bond motifs is 1. The molecular formula is C12H14N2O. The van der Waals surface area contributed by atoms with Crippen molar-refractivity contribution in [3.63, 3.8) is 0 Å². The zero-order valence-electron chi connectivity index (χ0n) is 8.90. The maximum absolute atomic E-state index is 5.87. The van der Waals surface area contributed by atoms with Crippen LogP contribution in [0, 0.1) is 0 Å². The van der Waals surface area contributed by atoms with Gasteiger partial charge in [-0.15, -0.1) is 0 Å². The summed E-state index contributed by atoms with van der Waals surface area (Å²) >= 11 is 0. The predicted molar refractivity (Wildman–Crippen MR) is 60.9 cm³/mol. The topological polar surface area (TPSA) is 48.1 Å². The molecule has 1 atom stereocenters. The van der Waals surface area contributed by atoms with Crippen LogP contribution in [0.4, 0.5) is 0 Å². The maximum atomic E-state index is 5.87. The minimum Gasteiger partial charge on any atom is -0.497 e. The van der Waals surface area contributed by atoms with Gasteiger partial charge in [0.25, 0.3) is 0 Å². The van der Waals surface area contributed by atoms with Crippen molar-refractivity contribution in [3.05, 3.63) is 36.2 Å². The van der Waals surface area contributed by atoms with Crippen LogP contribution in [0.15, 0.2) is 30.5 Å². The molecule has 2 N–H and O–H groups in total. The van der Waals surface area contributed by atoms with E-state index in [9.17, 15) is 0 Å². The summed E-state index contributed by atoms with van der Waals surface area (Å²) in [6.07, 6.45) is 1.79. The highest BCUT2D eigenvalue weighted by atomic mass is 16.5. The summed E-state index contributed by atoms with van der Waals surface area (Å²) in [6, 6.07) is 7.83. The monoisotopic (exact) mass is 202 g/mol. The first kappa shape index (κ1) is 9.93. The fraction of sp³-hybridized carbons (Fsp3) is 0.250. The molecule has 0 unspecified atom stereocenters. The summed E-state index contributed by atoms with van der Waals surface area (Å²) in [7, 11) is 1.66. The van der Waals surface area contributed by atoms with Gasteiger partial charge in [0.05, 0.1) is 12.8 Å². The van der Waals surface area contributed by atoms with Crippen LogP contribution in [0.2, 0.25) is 0 Å². The summed E-state index contributed by atoms with van der Waals surface area (Å²) < 4.78 is 5.19. The van der Waals surface area contributed by atoms with Crippen molar-refractivity contribution in [3.8, 4) is 5.75 Å². The summed E-state index contributed by atoms with van der Waals surface area (Å²) in [5.41, 5.74) is 6.78. The van der Waals surface area contributed by atoms with Crippen LogP contribution < -0.4 is 10.5 Å². The van der Waals surface area contributed by atoms with Gasteiger partial charge in [-0.2, -0.15) is 0 Å². The van der Waals surface area contributed by atoms with E-state index in [0.717, 1.165) is 22.2 Å². The highest BCUT2D eigenvalue weighted by Crippen LogP contribution is 2.25. The Bertz CT molecular complexity index is 480. The third-order valence-corrected chi connectivity index (χ3v) is 2.44. The minimum atomic E-state index is -0.0687. The first-order chi connectivity index (χ1) is 7.22. The lowest BCUT2D eigenvalue weighted by atomic mass is 10.1. The SMILES string of the molecule is COc1ccc2ccnc([C@H](C)N)c2c1. The lowest BCUT2D eigenvalue weighted by Crippen LogP contribution is -2.07. The molecule has 0 radical (unpaired) electrons. The van der Waals surface area contributed by atoms with Crippen molar-refractivity contribution < 1.29 is 4.74 Å². The Hall–Kier alpha value is -1.61. The Labute approximate surface area is 88.9 Å². The molecule has 0 saturated heterocycles. The lowest BCUT2D eigenvalue weighted by Gasteiger charge is -2.09. The lowest BCUT2D eigenvalue weighted by molar-refractivity contribution is 0.415. The van der Waals surface area contributed by atoms with Gasteiger partial charge in [-0.05, 0) is 30.5 Å². The zero-order chi connectivity index (χ0) is 10.8. The van der Waals surface area contributed by atoms with Crippen molar-refractivity contribution in [2.24, 2.45) is 5.73 Å². The molecule has 1 heterocycles. The number of pyridine rings is 1. The van der Waals surface area contributed by atoms with Gasteiger partial charge < -0.3 is 10.5 Å². The quantitative estimate of drug-likeness (QED) is 0.812. The fourth-order valence-corrected chi connectivity index (χ4v) is 1.66. The van der Waals surface area contributed by atoms with E-state index in [1.807, 2.05) is 31.2 Å². The van der Waals surface area contributed by atoms with E-state index in [1.165, 1.54) is 0 Å². The third kappa shape index (κ3) is 1.78. The Morgan fingerprint density at radius 1 is 1.33 bits per heavy atom. The summed E-state index contributed by atoms with van der Waals surface area (Å²) in [5.74, 6) is 0.831. The number of nitrogens with two attached hydrogens (primary N) is 1. The average molecular weight is 202 g/mol. The van der Waals surface area contributed by atoms with Crippen LogP contribution in [0.3, 0.4) is 0 Å². The Morgan fingerprint density at radius 2 is 2.13 bits per heavy atom. The predicted octanol–water partition coefficient (Wildman–Crippen LogP) is 2.26. The maximum Gasteiger partial charge on any atom is 0.119 e. The Balaban J connectivity index is 2.70. The van der Waals surface area contributed by atoms with Crippen LogP contribution in [0.5, 0.6) is 5.75 Å². The molecule has 2 aromatic rings. The molecule has 1 aromatic carbocycles. The van der Waals surface area contributed by atoms with Gasteiger partial charge in [-0.25, -0.2) is 0 Å². The van der Waals surface area contributed by atoms with E-state index in [-0.39, 0.29) is 6.04 Å². The average Bonchev–Trinajstić information content (AvgIpc) is 2.27. The van der Waals surface area contributed by atoms with E-state index in [2.05, 4.69) is 4.98 Å². The van der Waals surface area contributed by atoms with E-state index in [4.69, 9.17) is 10.5 Å². The van der Waals surface area contributed by atoms with Crippen LogP contribution in [0.1, 0.15) is 18.7 Å². The van der Waals surface area contributed by atoms with Gasteiger partial charge in [-0.3, -0.25) is 4.98 Å². The Kier molecular flexibility index (Phi) is 2.56. The van der Waals surface area contributed by atoms with E-state index < -0.39 is 0 Å². The molecule has 78 valence electrons. The van der Waals surface area contributed by atoms with E-state index in [1.54, 1.807) is 13.3 Å². The largest absolute Gasteiger partial charge is 0.497 e. The summed E-state index contributed by atoms with van der Waals surface area (Å²) in [4.78, 5) is 4.30. The zero-order valence-corrected chi connectivity index (χ0v) is 8.90. The summed E-state index contributed by atoms with van der Waals surface area (Å²) in [6.45, 7) is 1.93. The van der Waals surface area contributed by atoms with Crippen molar-refractivity contribution in [1.82, 2.24) is 4.98 Å². The number of hydrogen-bond donors (Lipinski definition) is 1. The van der Waals surface area contributed by atoms with Gasteiger partial charge in [-0.1, -0.05) is 6.07 Å². The molecule has 3 nitrogen and oxygen atoms in total. The standard InChI is InChI=1S/C12H14N2O/c1-8(13)12-11-7-10(15-2)4-3-9(11)5-6-14-12/h3-8H,13H2,1-2H3/t8-/m0/s1. The number of hydrogen-bond acceptors (Lipinski definition) is 3. The van der Waals surface area contributed by atoms with Crippen molar-refractivity contribution in [1.29, 1.82) is 0 Å². The molecule has 0 aliphatic rings. The molecule has 3 heteroatoms. The van der Waals surface area contributed by atoms with Gasteiger partial charge in [0.1, 0.15) is 5.75 Å². The van der Waals surface area contributed by atoms with Crippen molar-refractivity contribution in [2.75, 3.05) is 7.11 Å². The molecule has 0 saturated carbocycles. The molecule has 0 bridgehead atoms. The second-order valence-electron chi connectivity index (χ2n) is 3.57. The number of ether oxygens (including phenoxy) is 1. The van der Waals surface area contributed by atoms with Gasteiger partial charge >= 0.3 is 0 Å². The number of benzene rings is 1. The van der Waals surface area contributed by atoms with Gasteiger partial charge in [0.15, 0.2) is 0 Å². The summed E-state index contributed by atoms with van der Waals surface area (Å²) in [5, 5.41) is 2.20. The molecule has 0 fully saturated rings. The van der Waals surface area contributed by atoms with Crippen molar-refractivity contribution >= 4 is 10.8 Å². The number of nitrogens with zero attached hydrogens (tertiary/aromatic N) is 1. The molecule has 1 aromatic heterocycles. The molecular weight excluding hydrogens is 188 g/mol. The Morgan fingerprint density at radius 3 is 2.80 bits per heavy atom. The second kappa shape index (κ2) is 3.87. The molecule has 2 rings (SSSR count). The number of methoxy groups -OCH3 is 1. The molecule has 0 amide bonds. The first-order valence-corrected chi connectivity index (χ1v) is 4.90. The van der Waals surface area contributed by atoms with E-state index in [0.29, 0.717) is 0 Å². The molecule has 0 aliphatic carbocycles. The molecule has 0 aliphatic heterocycles. The fourth-order valence-electron chi connectivity index (χ4n) is 1.66. The van der Waals surface area contributed by atoms with Crippen LogP contribution in [-0.4, -0.2) is 12.1 Å². The van der Waals surface area contributed by atoms with Gasteiger partial charge in [0, 0.05) is 17.6 Å². The van der Waals surface area contributed by atoms with Crippen LogP contribution in [-0.2, 0) is 0 Å². The molecule has 0 spiro atoms. The second-order valence-corrected chi connectivity index (χ2v) is 3.57. The van der Waals surface area contributed by atoms with Crippen LogP contribution in [0.25, 0.3) is 10.8 Å². The normalized spacial score (nSPS) is 12.7. The van der Waals surface area contributed by atoms with Crippen LogP contribution >= 0.6 is 0 Å². The van der Waals surface area contributed by atoms with E-state index >= 15 is 0 Å². The highest BCUT2D eigenvalue weighted by Gasteiger charge is 2.07. The first-order valence-electron chi connectivity index (χ1n) is 4.90. The highest BCUT2D eigenvalue weighted by molar-refractivity contribution is 5.86. The number of rotatable bonds is 2. The van der Waals surface area contributed by atoms with Gasteiger partial charge in [0.2, 0.25) is 0 Å².